The minimum Gasteiger partial charge on any atom is -0.369 e. The maximum Gasteiger partial charge on any atom is 0.243 e. The number of rotatable bonds is 8. The third-order valence-electron chi connectivity index (χ3n) is 7.37. The largest absolute Gasteiger partial charge is 0.369 e. The molecule has 3 aromatic rings. The third-order valence-corrected chi connectivity index (χ3v) is 7.62. The van der Waals surface area contributed by atoms with Gasteiger partial charge in [0.1, 0.15) is 5.82 Å². The smallest absolute Gasteiger partial charge is 0.243 e. The van der Waals surface area contributed by atoms with Crippen LogP contribution in [0.5, 0.6) is 0 Å². The highest BCUT2D eigenvalue weighted by Gasteiger charge is 2.35. The first kappa shape index (κ1) is 26.4. The molecule has 2 aliphatic heterocycles. The van der Waals surface area contributed by atoms with E-state index in [1.165, 1.54) is 17.0 Å². The van der Waals surface area contributed by atoms with Crippen LogP contribution in [-0.4, -0.2) is 78.9 Å². The molecule has 1 atom stereocenters. The van der Waals surface area contributed by atoms with Crippen molar-refractivity contribution in [3.63, 3.8) is 0 Å². The van der Waals surface area contributed by atoms with Gasteiger partial charge in [-0.2, -0.15) is 0 Å². The predicted octanol–water partition coefficient (Wildman–Crippen LogP) is 4.45. The number of carbonyl (C=O) groups excluding carboxylic acids is 2. The van der Waals surface area contributed by atoms with Gasteiger partial charge in [0.05, 0.1) is 19.1 Å². The van der Waals surface area contributed by atoms with Crippen molar-refractivity contribution < 1.29 is 14.0 Å². The van der Waals surface area contributed by atoms with Crippen molar-refractivity contribution in [2.24, 2.45) is 0 Å². The summed E-state index contributed by atoms with van der Waals surface area (Å²) in [4.78, 5) is 34.3. The molecular weight excluding hydrogens is 503 g/mol. The Bertz CT molecular complexity index is 1210. The third kappa shape index (κ3) is 6.23. The molecule has 0 saturated carbocycles. The van der Waals surface area contributed by atoms with Gasteiger partial charge >= 0.3 is 0 Å². The zero-order valence-corrected chi connectivity index (χ0v) is 22.1. The van der Waals surface area contributed by atoms with E-state index in [0.717, 1.165) is 56.0 Å². The summed E-state index contributed by atoms with van der Waals surface area (Å²) in [7, 11) is 0. The lowest BCUT2D eigenvalue weighted by Crippen LogP contribution is -2.55. The van der Waals surface area contributed by atoms with Gasteiger partial charge in [-0.25, -0.2) is 4.39 Å². The molecule has 2 heterocycles. The number of halogens is 2. The molecule has 0 aromatic heterocycles. The Kier molecular flexibility index (Phi) is 8.37. The van der Waals surface area contributed by atoms with Crippen LogP contribution in [0.1, 0.15) is 23.6 Å². The number of amides is 2. The second-order valence-corrected chi connectivity index (χ2v) is 10.3. The van der Waals surface area contributed by atoms with Gasteiger partial charge in [-0.05, 0) is 60.5 Å². The first-order chi connectivity index (χ1) is 18.5. The van der Waals surface area contributed by atoms with Crippen molar-refractivity contribution in [2.45, 2.75) is 12.5 Å². The van der Waals surface area contributed by atoms with Crippen LogP contribution in [0.15, 0.2) is 78.9 Å². The highest BCUT2D eigenvalue weighted by molar-refractivity contribution is 6.30. The van der Waals surface area contributed by atoms with Crippen molar-refractivity contribution in [3.05, 3.63) is 101 Å². The van der Waals surface area contributed by atoms with E-state index in [4.69, 9.17) is 11.6 Å². The van der Waals surface area contributed by atoms with Crippen LogP contribution in [0.3, 0.4) is 0 Å². The van der Waals surface area contributed by atoms with Gasteiger partial charge in [-0.3, -0.25) is 24.3 Å². The molecule has 38 heavy (non-hydrogen) atoms. The van der Waals surface area contributed by atoms with E-state index in [2.05, 4.69) is 9.80 Å². The average molecular weight is 535 g/mol. The minimum atomic E-state index is -0.224. The standard InChI is InChI=1S/C30H32ClFN4O2/c31-25-9-7-24(8-10-25)30(23-5-2-1-3-6-23)35-21-28(37)36(29(38)22-35)16-4-15-33-17-19-34(20-18-33)27-13-11-26(32)12-14-27/h1-3,5-14,30H,4,15-22H2. The van der Waals surface area contributed by atoms with Gasteiger partial charge in [-0.15, -0.1) is 0 Å². The molecule has 0 spiro atoms. The van der Waals surface area contributed by atoms with Crippen molar-refractivity contribution in [1.82, 2.24) is 14.7 Å². The molecule has 5 rings (SSSR count). The number of benzene rings is 3. The summed E-state index contributed by atoms with van der Waals surface area (Å²) in [5, 5.41) is 0.648. The SMILES string of the molecule is O=C1CN(C(c2ccccc2)c2ccc(Cl)cc2)CC(=O)N1CCCN1CCN(c2ccc(F)cc2)CC1. The van der Waals surface area contributed by atoms with Gasteiger partial charge in [0, 0.05) is 43.4 Å². The molecule has 6 nitrogen and oxygen atoms in total. The number of hydrogen-bond donors (Lipinski definition) is 0. The van der Waals surface area contributed by atoms with Crippen LogP contribution in [0.4, 0.5) is 10.1 Å². The Labute approximate surface area is 228 Å². The number of anilines is 1. The van der Waals surface area contributed by atoms with Gasteiger partial charge in [-0.1, -0.05) is 54.1 Å². The normalized spacial score (nSPS) is 18.2. The second kappa shape index (κ2) is 12.1. The zero-order valence-electron chi connectivity index (χ0n) is 21.3. The van der Waals surface area contributed by atoms with E-state index in [0.29, 0.717) is 11.6 Å². The van der Waals surface area contributed by atoms with Crippen LogP contribution < -0.4 is 4.90 Å². The van der Waals surface area contributed by atoms with Crippen LogP contribution in [0.25, 0.3) is 0 Å². The van der Waals surface area contributed by atoms with Crippen LogP contribution in [-0.2, 0) is 9.59 Å². The predicted molar refractivity (Wildman–Crippen MR) is 148 cm³/mol. The maximum atomic E-state index is 13.2. The Balaban J connectivity index is 1.15. The lowest BCUT2D eigenvalue weighted by molar-refractivity contribution is -0.152. The molecule has 0 aliphatic carbocycles. The second-order valence-electron chi connectivity index (χ2n) is 9.87. The fourth-order valence-corrected chi connectivity index (χ4v) is 5.50. The average Bonchev–Trinajstić information content (AvgIpc) is 2.93. The van der Waals surface area contributed by atoms with Crippen molar-refractivity contribution >= 4 is 29.1 Å². The van der Waals surface area contributed by atoms with E-state index >= 15 is 0 Å². The summed E-state index contributed by atoms with van der Waals surface area (Å²) in [5.41, 5.74) is 3.06. The topological polar surface area (TPSA) is 47.1 Å². The van der Waals surface area contributed by atoms with Crippen LogP contribution in [0.2, 0.25) is 5.02 Å². The van der Waals surface area contributed by atoms with Crippen LogP contribution in [0, 0.1) is 5.82 Å². The van der Waals surface area contributed by atoms with E-state index in [9.17, 15) is 14.0 Å². The highest BCUT2D eigenvalue weighted by atomic mass is 35.5. The Hall–Kier alpha value is -3.26. The molecule has 2 saturated heterocycles. The van der Waals surface area contributed by atoms with E-state index in [-0.39, 0.29) is 36.8 Å². The van der Waals surface area contributed by atoms with Gasteiger partial charge < -0.3 is 4.90 Å². The fourth-order valence-electron chi connectivity index (χ4n) is 5.37. The fraction of sp³-hybridized carbons (Fsp3) is 0.333. The summed E-state index contributed by atoms with van der Waals surface area (Å²) < 4.78 is 13.2. The molecule has 198 valence electrons. The number of hydrogen-bond acceptors (Lipinski definition) is 5. The summed E-state index contributed by atoms with van der Waals surface area (Å²) in [6.07, 6.45) is 0.743. The van der Waals surface area contributed by atoms with Gasteiger partial charge in [0.25, 0.3) is 0 Å². The van der Waals surface area contributed by atoms with Crippen molar-refractivity contribution in [3.8, 4) is 0 Å². The number of imide groups is 1. The zero-order chi connectivity index (χ0) is 26.5. The summed E-state index contributed by atoms with van der Waals surface area (Å²) in [6, 6.07) is 23.9. The Morgan fingerprint density at radius 1 is 0.737 bits per heavy atom. The first-order valence-corrected chi connectivity index (χ1v) is 13.5. The molecule has 1 unspecified atom stereocenters. The quantitative estimate of drug-likeness (QED) is 0.400. The van der Waals surface area contributed by atoms with Gasteiger partial charge in [0.2, 0.25) is 11.8 Å². The Morgan fingerprint density at radius 3 is 1.97 bits per heavy atom. The van der Waals surface area contributed by atoms with E-state index < -0.39 is 0 Å². The molecule has 0 bridgehead atoms. The molecule has 2 fully saturated rings. The molecule has 2 amide bonds. The molecule has 3 aromatic carbocycles. The summed E-state index contributed by atoms with van der Waals surface area (Å²) in [6.45, 7) is 5.16. The lowest BCUT2D eigenvalue weighted by Gasteiger charge is -2.39. The van der Waals surface area contributed by atoms with Crippen molar-refractivity contribution in [1.29, 1.82) is 0 Å². The summed E-state index contributed by atoms with van der Waals surface area (Å²) in [5.74, 6) is -0.535. The maximum absolute atomic E-state index is 13.2. The summed E-state index contributed by atoms with van der Waals surface area (Å²) >= 11 is 6.11. The van der Waals surface area contributed by atoms with Crippen molar-refractivity contribution in [2.75, 3.05) is 57.3 Å². The van der Waals surface area contributed by atoms with Crippen LogP contribution >= 0.6 is 11.6 Å². The lowest BCUT2D eigenvalue weighted by atomic mass is 9.96. The molecule has 0 radical (unpaired) electrons. The Morgan fingerprint density at radius 2 is 1.34 bits per heavy atom. The van der Waals surface area contributed by atoms with E-state index in [1.54, 1.807) is 0 Å². The molecule has 0 N–H and O–H groups in total. The highest BCUT2D eigenvalue weighted by Crippen LogP contribution is 2.31. The molecular formula is C30H32ClFN4O2. The number of nitrogens with zero attached hydrogens (tertiary/aromatic N) is 4. The number of piperazine rings is 2. The van der Waals surface area contributed by atoms with E-state index in [1.807, 2.05) is 71.6 Å². The molecule has 8 heteroatoms. The molecule has 2 aliphatic rings. The first-order valence-electron chi connectivity index (χ1n) is 13.1. The van der Waals surface area contributed by atoms with Gasteiger partial charge in [0.15, 0.2) is 0 Å². The monoisotopic (exact) mass is 534 g/mol. The number of carbonyl (C=O) groups is 2. The minimum absolute atomic E-state index is 0.155.